The normalized spacial score (nSPS) is 10.4. The van der Waals surface area contributed by atoms with E-state index in [9.17, 15) is 0 Å². The van der Waals surface area contributed by atoms with E-state index in [0.717, 1.165) is 5.69 Å². The van der Waals surface area contributed by atoms with Gasteiger partial charge < -0.3 is 10.1 Å². The quantitative estimate of drug-likeness (QED) is 0.924. The highest BCUT2D eigenvalue weighted by atomic mass is 35.5. The van der Waals surface area contributed by atoms with Crippen LogP contribution >= 0.6 is 23.2 Å². The van der Waals surface area contributed by atoms with Gasteiger partial charge in [0.1, 0.15) is 5.75 Å². The van der Waals surface area contributed by atoms with Crippen molar-refractivity contribution in [1.82, 2.24) is 10.3 Å². The predicted molar refractivity (Wildman–Crippen MR) is 73.5 cm³/mol. The molecule has 94 valence electrons. The maximum absolute atomic E-state index is 6.02. The summed E-state index contributed by atoms with van der Waals surface area (Å²) < 4.78 is 5.62. The first-order valence-electron chi connectivity index (χ1n) is 5.42. The number of pyridine rings is 1. The van der Waals surface area contributed by atoms with Gasteiger partial charge >= 0.3 is 0 Å². The zero-order chi connectivity index (χ0) is 13.0. The first-order valence-corrected chi connectivity index (χ1v) is 6.18. The SMILES string of the molecule is CNCc1nc(Oc2cccc(Cl)c2)ccc1Cl. The molecule has 0 fully saturated rings. The summed E-state index contributed by atoms with van der Waals surface area (Å²) in [6, 6.07) is 10.7. The second kappa shape index (κ2) is 6.05. The molecule has 0 bridgehead atoms. The molecule has 0 aliphatic rings. The van der Waals surface area contributed by atoms with E-state index in [2.05, 4.69) is 10.3 Å². The van der Waals surface area contributed by atoms with E-state index in [-0.39, 0.29) is 0 Å². The van der Waals surface area contributed by atoms with Crippen molar-refractivity contribution >= 4 is 23.2 Å². The molecule has 0 aliphatic heterocycles. The number of hydrogen-bond acceptors (Lipinski definition) is 3. The lowest BCUT2D eigenvalue weighted by molar-refractivity contribution is 0.460. The van der Waals surface area contributed by atoms with Crippen LogP contribution in [0.1, 0.15) is 5.69 Å². The molecule has 5 heteroatoms. The molecule has 0 unspecified atom stereocenters. The lowest BCUT2D eigenvalue weighted by Gasteiger charge is -2.08. The number of aromatic nitrogens is 1. The topological polar surface area (TPSA) is 34.2 Å². The molecule has 0 saturated heterocycles. The van der Waals surface area contributed by atoms with E-state index in [1.165, 1.54) is 0 Å². The second-order valence-corrected chi connectivity index (χ2v) is 4.51. The fraction of sp³-hybridized carbons (Fsp3) is 0.154. The highest BCUT2D eigenvalue weighted by molar-refractivity contribution is 6.31. The van der Waals surface area contributed by atoms with Crippen molar-refractivity contribution in [2.45, 2.75) is 6.54 Å². The Balaban J connectivity index is 2.21. The van der Waals surface area contributed by atoms with Crippen LogP contribution in [-0.4, -0.2) is 12.0 Å². The molecule has 1 aromatic heterocycles. The van der Waals surface area contributed by atoms with Gasteiger partial charge in [-0.15, -0.1) is 0 Å². The molecular formula is C13H12Cl2N2O. The third-order valence-corrected chi connectivity index (χ3v) is 2.84. The minimum Gasteiger partial charge on any atom is -0.439 e. The Kier molecular flexibility index (Phi) is 4.42. The van der Waals surface area contributed by atoms with E-state index in [0.29, 0.717) is 28.2 Å². The van der Waals surface area contributed by atoms with Gasteiger partial charge in [0.05, 0.1) is 10.7 Å². The highest BCUT2D eigenvalue weighted by Gasteiger charge is 2.05. The van der Waals surface area contributed by atoms with Gasteiger partial charge in [0.15, 0.2) is 0 Å². The Morgan fingerprint density at radius 1 is 1.22 bits per heavy atom. The molecule has 3 nitrogen and oxygen atoms in total. The van der Waals surface area contributed by atoms with Gasteiger partial charge in [0, 0.05) is 17.6 Å². The first-order chi connectivity index (χ1) is 8.69. The summed E-state index contributed by atoms with van der Waals surface area (Å²) in [4.78, 5) is 4.33. The third-order valence-electron chi connectivity index (χ3n) is 2.26. The van der Waals surface area contributed by atoms with Crippen LogP contribution in [0.25, 0.3) is 0 Å². The van der Waals surface area contributed by atoms with Crippen molar-refractivity contribution in [3.05, 3.63) is 52.1 Å². The van der Waals surface area contributed by atoms with Gasteiger partial charge in [-0.1, -0.05) is 29.3 Å². The minimum absolute atomic E-state index is 0.493. The van der Waals surface area contributed by atoms with Crippen LogP contribution in [0.5, 0.6) is 11.6 Å². The van der Waals surface area contributed by atoms with Crippen LogP contribution in [0.3, 0.4) is 0 Å². The molecule has 1 N–H and O–H groups in total. The largest absolute Gasteiger partial charge is 0.439 e. The summed E-state index contributed by atoms with van der Waals surface area (Å²) in [5.74, 6) is 1.14. The fourth-order valence-corrected chi connectivity index (χ4v) is 1.82. The van der Waals surface area contributed by atoms with E-state index >= 15 is 0 Å². The van der Waals surface area contributed by atoms with Gasteiger partial charge in [-0.05, 0) is 31.3 Å². The van der Waals surface area contributed by atoms with E-state index in [1.54, 1.807) is 24.3 Å². The Morgan fingerprint density at radius 3 is 2.78 bits per heavy atom. The molecule has 2 rings (SSSR count). The van der Waals surface area contributed by atoms with Crippen molar-refractivity contribution in [2.24, 2.45) is 0 Å². The number of benzene rings is 1. The van der Waals surface area contributed by atoms with Crippen LogP contribution in [0, 0.1) is 0 Å². The Morgan fingerprint density at radius 2 is 2.06 bits per heavy atom. The maximum Gasteiger partial charge on any atom is 0.219 e. The van der Waals surface area contributed by atoms with E-state index in [1.807, 2.05) is 19.2 Å². The number of hydrogen-bond donors (Lipinski definition) is 1. The summed E-state index contributed by atoms with van der Waals surface area (Å²) in [5.41, 5.74) is 0.749. The van der Waals surface area contributed by atoms with Gasteiger partial charge in [0.25, 0.3) is 0 Å². The average molecular weight is 283 g/mol. The van der Waals surface area contributed by atoms with Crippen molar-refractivity contribution in [3.8, 4) is 11.6 Å². The van der Waals surface area contributed by atoms with Gasteiger partial charge in [-0.2, -0.15) is 0 Å². The molecule has 0 aliphatic carbocycles. The molecule has 1 aromatic carbocycles. The summed E-state index contributed by atoms with van der Waals surface area (Å²) >= 11 is 11.9. The summed E-state index contributed by atoms with van der Waals surface area (Å²) in [6.07, 6.45) is 0. The molecule has 0 spiro atoms. The fourth-order valence-electron chi connectivity index (χ4n) is 1.46. The molecule has 0 saturated carbocycles. The molecule has 1 heterocycles. The monoisotopic (exact) mass is 282 g/mol. The van der Waals surface area contributed by atoms with E-state index in [4.69, 9.17) is 27.9 Å². The van der Waals surface area contributed by atoms with Crippen LogP contribution in [0.15, 0.2) is 36.4 Å². The molecule has 0 amide bonds. The smallest absolute Gasteiger partial charge is 0.219 e. The zero-order valence-electron chi connectivity index (χ0n) is 9.78. The van der Waals surface area contributed by atoms with Crippen LogP contribution in [-0.2, 0) is 6.54 Å². The number of rotatable bonds is 4. The summed E-state index contributed by atoms with van der Waals surface area (Å²) in [6.45, 7) is 0.589. The Hall–Kier alpha value is -1.29. The van der Waals surface area contributed by atoms with Crippen LogP contribution in [0.4, 0.5) is 0 Å². The average Bonchev–Trinajstić information content (AvgIpc) is 2.34. The number of nitrogens with zero attached hydrogens (tertiary/aromatic N) is 1. The van der Waals surface area contributed by atoms with Gasteiger partial charge in [0.2, 0.25) is 5.88 Å². The third kappa shape index (κ3) is 3.35. The van der Waals surface area contributed by atoms with Gasteiger partial charge in [-0.3, -0.25) is 0 Å². The summed E-state index contributed by atoms with van der Waals surface area (Å²) in [5, 5.41) is 4.24. The Bertz CT molecular complexity index is 546. The van der Waals surface area contributed by atoms with Crippen molar-refractivity contribution in [3.63, 3.8) is 0 Å². The lowest BCUT2D eigenvalue weighted by atomic mass is 10.3. The first kappa shape index (κ1) is 13.1. The molecular weight excluding hydrogens is 271 g/mol. The van der Waals surface area contributed by atoms with Crippen LogP contribution < -0.4 is 10.1 Å². The standard InChI is InChI=1S/C13H12Cl2N2O/c1-16-8-12-11(15)5-6-13(17-12)18-10-4-2-3-9(14)7-10/h2-7,16H,8H2,1H3. The highest BCUT2D eigenvalue weighted by Crippen LogP contribution is 2.25. The van der Waals surface area contributed by atoms with Crippen molar-refractivity contribution < 1.29 is 4.74 Å². The zero-order valence-corrected chi connectivity index (χ0v) is 11.3. The number of nitrogens with one attached hydrogen (secondary N) is 1. The van der Waals surface area contributed by atoms with Crippen LogP contribution in [0.2, 0.25) is 10.0 Å². The van der Waals surface area contributed by atoms with Crippen molar-refractivity contribution in [2.75, 3.05) is 7.05 Å². The molecule has 0 atom stereocenters. The molecule has 18 heavy (non-hydrogen) atoms. The predicted octanol–water partition coefficient (Wildman–Crippen LogP) is 3.90. The summed E-state index contributed by atoms with van der Waals surface area (Å²) in [7, 11) is 1.84. The Labute approximate surface area is 116 Å². The lowest BCUT2D eigenvalue weighted by Crippen LogP contribution is -2.07. The van der Waals surface area contributed by atoms with E-state index < -0.39 is 0 Å². The number of halogens is 2. The van der Waals surface area contributed by atoms with Crippen molar-refractivity contribution in [1.29, 1.82) is 0 Å². The molecule has 2 aromatic rings. The molecule has 0 radical (unpaired) electrons. The van der Waals surface area contributed by atoms with Gasteiger partial charge in [-0.25, -0.2) is 4.98 Å². The second-order valence-electron chi connectivity index (χ2n) is 3.67. The maximum atomic E-state index is 6.02. The minimum atomic E-state index is 0.493. The number of ether oxygens (including phenoxy) is 1.